The molecule has 7 N–H and O–H groups in total. The van der Waals surface area contributed by atoms with Crippen molar-refractivity contribution in [3.63, 3.8) is 0 Å². The molecule has 0 radical (unpaired) electrons. The van der Waals surface area contributed by atoms with E-state index in [1.54, 1.807) is 0 Å². The van der Waals surface area contributed by atoms with E-state index < -0.39 is 90.5 Å². The van der Waals surface area contributed by atoms with Crippen LogP contribution in [0.3, 0.4) is 0 Å². The van der Waals surface area contributed by atoms with Gasteiger partial charge < -0.3 is 54.7 Å². The molecule has 5 aliphatic carbocycles. The van der Waals surface area contributed by atoms with Crippen LogP contribution in [0.1, 0.15) is 113 Å². The summed E-state index contributed by atoms with van der Waals surface area (Å²) in [6.45, 7) is 14.8. The van der Waals surface area contributed by atoms with Gasteiger partial charge in [0.05, 0.1) is 11.5 Å². The summed E-state index contributed by atoms with van der Waals surface area (Å²) < 4.78 is 22.5. The maximum absolute atomic E-state index is 13.0. The number of rotatable bonds is 11. The Labute approximate surface area is 327 Å². The predicted molar refractivity (Wildman–Crippen MR) is 196 cm³/mol. The second-order valence-electron chi connectivity index (χ2n) is 19.9. The van der Waals surface area contributed by atoms with Crippen LogP contribution in [0.4, 0.5) is 0 Å². The molecular formula is C41H62O15. The smallest absolute Gasteiger partial charge is 0.337 e. The molecule has 0 aromatic carbocycles. The molecule has 6 rings (SSSR count). The highest BCUT2D eigenvalue weighted by Gasteiger charge is 2.69. The largest absolute Gasteiger partial charge is 0.481 e. The zero-order chi connectivity index (χ0) is 41.6. The summed E-state index contributed by atoms with van der Waals surface area (Å²) in [4.78, 5) is 48.0. The molecule has 15 heteroatoms. The van der Waals surface area contributed by atoms with E-state index in [0.29, 0.717) is 25.2 Å². The van der Waals surface area contributed by atoms with Gasteiger partial charge in [-0.1, -0.05) is 60.1 Å². The van der Waals surface area contributed by atoms with Crippen LogP contribution in [0.25, 0.3) is 0 Å². The third kappa shape index (κ3) is 6.70. The van der Waals surface area contributed by atoms with E-state index in [-0.39, 0.29) is 33.5 Å². The van der Waals surface area contributed by atoms with Crippen molar-refractivity contribution in [1.29, 1.82) is 0 Å². The Kier molecular flexibility index (Phi) is 11.2. The minimum absolute atomic E-state index is 0.000609. The molecule has 0 amide bonds. The topological polar surface area (TPSA) is 247 Å². The van der Waals surface area contributed by atoms with Crippen molar-refractivity contribution in [3.8, 4) is 0 Å². The Balaban J connectivity index is 1.25. The van der Waals surface area contributed by atoms with Gasteiger partial charge in [0.2, 0.25) is 6.10 Å². The lowest BCUT2D eigenvalue weighted by Gasteiger charge is -2.71. The summed E-state index contributed by atoms with van der Waals surface area (Å²) in [6.07, 6.45) is -4.44. The number of hydrogen-bond donors (Lipinski definition) is 7. The first kappa shape index (κ1) is 42.9. The minimum Gasteiger partial charge on any atom is -0.481 e. The SMILES string of the molecule is CC1(C)CC[C@]2(C(=O)O)CC[C@]3(C)C(=CC[C@@H]4[C@@]5(C)CC[C@H](O[C@@H]6O[C@H](C(=O)O)[C@@H](O)[C@H](O[C@H](OCC(=O)O)[C@H](O)C(=O)O)[C@H]6O)C(C)(C)[C@@H]5CC[C@]43C)[C@@H]2C1. The normalized spacial score (nSPS) is 45.0. The number of aliphatic hydroxyl groups is 3. The second kappa shape index (κ2) is 14.6. The second-order valence-corrected chi connectivity index (χ2v) is 19.9. The fourth-order valence-corrected chi connectivity index (χ4v) is 12.9. The van der Waals surface area contributed by atoms with Crippen molar-refractivity contribution < 1.29 is 73.9 Å². The number of allylic oxidation sites excluding steroid dienone is 2. The highest BCUT2D eigenvalue weighted by atomic mass is 16.7. The molecule has 0 bridgehead atoms. The van der Waals surface area contributed by atoms with Crippen LogP contribution in [0.5, 0.6) is 0 Å². The number of aliphatic carboxylic acids is 4. The maximum atomic E-state index is 13.0. The molecule has 15 nitrogen and oxygen atoms in total. The van der Waals surface area contributed by atoms with E-state index in [1.165, 1.54) is 5.57 Å². The maximum Gasteiger partial charge on any atom is 0.337 e. The number of carbonyl (C=O) groups is 4. The van der Waals surface area contributed by atoms with Crippen LogP contribution in [0.2, 0.25) is 0 Å². The van der Waals surface area contributed by atoms with E-state index in [0.717, 1.165) is 44.9 Å². The Morgan fingerprint density at radius 2 is 1.52 bits per heavy atom. The van der Waals surface area contributed by atoms with Crippen LogP contribution in [0, 0.1) is 50.2 Å². The highest BCUT2D eigenvalue weighted by molar-refractivity contribution is 5.77. The first-order valence-electron chi connectivity index (χ1n) is 20.1. The molecule has 316 valence electrons. The summed E-state index contributed by atoms with van der Waals surface area (Å²) in [5.41, 5.74) is -0.246. The van der Waals surface area contributed by atoms with Crippen LogP contribution in [-0.2, 0) is 38.1 Å². The van der Waals surface area contributed by atoms with Crippen LogP contribution in [0.15, 0.2) is 11.6 Å². The third-order valence-electron chi connectivity index (χ3n) is 16.3. The van der Waals surface area contributed by atoms with Crippen molar-refractivity contribution in [2.24, 2.45) is 50.2 Å². The van der Waals surface area contributed by atoms with Gasteiger partial charge in [-0.25, -0.2) is 14.4 Å². The van der Waals surface area contributed by atoms with E-state index in [1.807, 2.05) is 0 Å². The molecule has 1 saturated heterocycles. The number of fused-ring (bicyclic) bond motifs is 7. The molecule has 6 aliphatic rings. The first-order valence-corrected chi connectivity index (χ1v) is 20.1. The van der Waals surface area contributed by atoms with Crippen LogP contribution < -0.4 is 0 Å². The van der Waals surface area contributed by atoms with Gasteiger partial charge in [-0.15, -0.1) is 0 Å². The molecule has 5 fully saturated rings. The van der Waals surface area contributed by atoms with Crippen LogP contribution in [-0.4, -0.2) is 115 Å². The Hall–Kier alpha value is -2.66. The first-order chi connectivity index (χ1) is 25.9. The van der Waals surface area contributed by atoms with Gasteiger partial charge in [-0.3, -0.25) is 4.79 Å². The monoisotopic (exact) mass is 794 g/mol. The highest BCUT2D eigenvalue weighted by Crippen LogP contribution is 2.76. The number of carboxylic acid groups (broad SMARTS) is 4. The molecule has 4 saturated carbocycles. The fourth-order valence-electron chi connectivity index (χ4n) is 12.9. The zero-order valence-electron chi connectivity index (χ0n) is 33.6. The zero-order valence-corrected chi connectivity index (χ0v) is 33.6. The van der Waals surface area contributed by atoms with E-state index >= 15 is 0 Å². The molecule has 0 aromatic rings. The molecule has 1 heterocycles. The summed E-state index contributed by atoms with van der Waals surface area (Å²) in [5.74, 6) is -5.22. The Morgan fingerprint density at radius 1 is 0.857 bits per heavy atom. The van der Waals surface area contributed by atoms with Gasteiger partial charge in [-0.2, -0.15) is 0 Å². The Morgan fingerprint density at radius 3 is 2.12 bits per heavy atom. The fraction of sp³-hybridized carbons (Fsp3) is 0.854. The lowest BCUT2D eigenvalue weighted by Crippen LogP contribution is -2.66. The average molecular weight is 795 g/mol. The van der Waals surface area contributed by atoms with Gasteiger partial charge >= 0.3 is 23.9 Å². The number of ether oxygens (including phenoxy) is 4. The van der Waals surface area contributed by atoms with Gasteiger partial charge in [0, 0.05) is 0 Å². The molecule has 56 heavy (non-hydrogen) atoms. The van der Waals surface area contributed by atoms with Gasteiger partial charge in [0.15, 0.2) is 18.7 Å². The standard InChI is InChI=1S/C41H62O15/c1-36(2)14-16-41(35(51)52)17-15-39(6)20(21(41)18-36)8-9-23-38(5)12-11-24(37(3,4)22(38)10-13-40(23,39)7)54-34-27(45)29(26(44)30(56-34)32(49)50)55-33(28(46)31(47)48)53-19-25(42)43/h8,21-24,26-30,33-34,44-46H,9-19H2,1-7H3,(H,42,43)(H,47,48)(H,49,50)(H,51,52)/t21-,22-,23+,24-,26-,27+,28+,29-,30-,33-,34+,38-,39+,40+,41-/m0/s1. The molecule has 0 aromatic heterocycles. The molecule has 15 atom stereocenters. The van der Waals surface area contributed by atoms with Crippen molar-refractivity contribution in [3.05, 3.63) is 11.6 Å². The summed E-state index contributed by atoms with van der Waals surface area (Å²) >= 11 is 0. The molecular weight excluding hydrogens is 732 g/mol. The van der Waals surface area contributed by atoms with E-state index in [9.17, 15) is 49.8 Å². The lowest BCUT2D eigenvalue weighted by atomic mass is 9.33. The number of aliphatic hydroxyl groups excluding tert-OH is 3. The summed E-state index contributed by atoms with van der Waals surface area (Å²) in [6, 6.07) is 0. The van der Waals surface area contributed by atoms with E-state index in [4.69, 9.17) is 24.1 Å². The molecule has 1 aliphatic heterocycles. The summed E-state index contributed by atoms with van der Waals surface area (Å²) in [5, 5.41) is 71.6. The number of hydrogen-bond acceptors (Lipinski definition) is 11. The van der Waals surface area contributed by atoms with Gasteiger partial charge in [-0.05, 0) is 109 Å². The third-order valence-corrected chi connectivity index (χ3v) is 16.3. The molecule has 0 unspecified atom stereocenters. The van der Waals surface area contributed by atoms with Crippen molar-refractivity contribution >= 4 is 23.9 Å². The van der Waals surface area contributed by atoms with E-state index in [2.05, 4.69) is 54.5 Å². The van der Waals surface area contributed by atoms with Gasteiger partial charge in [0.1, 0.15) is 24.9 Å². The average Bonchev–Trinajstić information content (AvgIpc) is 3.09. The predicted octanol–water partition coefficient (Wildman–Crippen LogP) is 4.05. The van der Waals surface area contributed by atoms with Crippen LogP contribution >= 0.6 is 0 Å². The summed E-state index contributed by atoms with van der Waals surface area (Å²) in [7, 11) is 0. The Bertz CT molecular complexity index is 1610. The quantitative estimate of drug-likeness (QED) is 0.0886. The van der Waals surface area contributed by atoms with Crippen molar-refractivity contribution in [2.75, 3.05) is 6.61 Å². The minimum atomic E-state index is -2.44. The van der Waals surface area contributed by atoms with Gasteiger partial charge in [0.25, 0.3) is 0 Å². The van der Waals surface area contributed by atoms with Crippen molar-refractivity contribution in [2.45, 2.75) is 162 Å². The molecule has 0 spiro atoms. The number of carboxylic acids is 4. The van der Waals surface area contributed by atoms with Crippen molar-refractivity contribution in [1.82, 2.24) is 0 Å². The lowest BCUT2D eigenvalue weighted by molar-refractivity contribution is -0.345.